The van der Waals surface area contributed by atoms with Gasteiger partial charge in [0, 0.05) is 11.6 Å². The van der Waals surface area contributed by atoms with Crippen molar-refractivity contribution in [2.75, 3.05) is 0 Å². The van der Waals surface area contributed by atoms with Crippen molar-refractivity contribution in [3.8, 4) is 6.07 Å². The van der Waals surface area contributed by atoms with Crippen molar-refractivity contribution in [2.24, 2.45) is 0 Å². The number of hydrogen-bond donors (Lipinski definition) is 0. The molecule has 1 aromatic heterocycles. The number of allylic oxidation sites excluding steroid dienone is 1. The highest BCUT2D eigenvalue weighted by Gasteiger charge is 2.00. The molecule has 56 valence electrons. The molecule has 1 heterocycles. The van der Waals surface area contributed by atoms with Crippen molar-refractivity contribution in [1.82, 2.24) is 0 Å². The number of hydrogen-bond acceptors (Lipinski definition) is 2. The molecule has 0 spiro atoms. The van der Waals surface area contributed by atoms with Crippen LogP contribution in [0.15, 0.2) is 22.8 Å². The Morgan fingerprint density at radius 3 is 3.00 bits per heavy atom. The molecule has 0 bridgehead atoms. The average Bonchev–Trinajstić information content (AvgIpc) is 2.36. The summed E-state index contributed by atoms with van der Waals surface area (Å²) in [5, 5.41) is 8.67. The third kappa shape index (κ3) is 1.86. The van der Waals surface area contributed by atoms with Crippen LogP contribution < -0.4 is 0 Å². The molecule has 0 unspecified atom stereocenters. The topological polar surface area (TPSA) is 36.9 Å². The molecule has 0 aromatic carbocycles. The van der Waals surface area contributed by atoms with Crippen LogP contribution in [-0.2, 0) is 0 Å². The fourth-order valence-electron chi connectivity index (χ4n) is 0.709. The van der Waals surface area contributed by atoms with Gasteiger partial charge in [-0.15, -0.1) is 0 Å². The minimum atomic E-state index is 0.407. The summed E-state index contributed by atoms with van der Waals surface area (Å²) in [6.07, 6.45) is 2.79. The van der Waals surface area contributed by atoms with E-state index in [0.29, 0.717) is 5.03 Å². The Balaban J connectivity index is 2.95. The van der Waals surface area contributed by atoms with Crippen LogP contribution in [-0.4, -0.2) is 0 Å². The lowest BCUT2D eigenvalue weighted by Crippen LogP contribution is -1.67. The van der Waals surface area contributed by atoms with Crippen LogP contribution >= 0.6 is 11.6 Å². The molecule has 0 atom stereocenters. The Bertz CT molecular complexity index is 319. The number of nitriles is 1. The molecule has 0 aliphatic rings. The zero-order chi connectivity index (χ0) is 8.27. The summed E-state index contributed by atoms with van der Waals surface area (Å²) >= 11 is 5.70. The van der Waals surface area contributed by atoms with Gasteiger partial charge in [0.15, 0.2) is 0 Å². The standard InChI is InChI=1S/C8H6ClNO/c1-6-4-7(5-11-6)8(9)2-3-10/h2,4-5H,1H3/b8-2-. The van der Waals surface area contributed by atoms with E-state index in [1.54, 1.807) is 6.07 Å². The lowest BCUT2D eigenvalue weighted by Gasteiger charge is -1.85. The molecule has 1 aromatic rings. The van der Waals surface area contributed by atoms with Gasteiger partial charge in [-0.05, 0) is 13.0 Å². The third-order valence-electron chi connectivity index (χ3n) is 1.20. The molecule has 2 nitrogen and oxygen atoms in total. The highest BCUT2D eigenvalue weighted by molar-refractivity contribution is 6.48. The summed E-state index contributed by atoms with van der Waals surface area (Å²) < 4.78 is 5.00. The summed E-state index contributed by atoms with van der Waals surface area (Å²) in [4.78, 5) is 0. The molecule has 0 radical (unpaired) electrons. The van der Waals surface area contributed by atoms with E-state index in [1.807, 2.05) is 13.0 Å². The van der Waals surface area contributed by atoms with E-state index in [9.17, 15) is 0 Å². The van der Waals surface area contributed by atoms with E-state index < -0.39 is 0 Å². The van der Waals surface area contributed by atoms with Crippen LogP contribution in [0.25, 0.3) is 5.03 Å². The maximum atomic E-state index is 8.26. The van der Waals surface area contributed by atoms with Crippen LogP contribution in [0.5, 0.6) is 0 Å². The van der Waals surface area contributed by atoms with Crippen LogP contribution in [0.3, 0.4) is 0 Å². The summed E-state index contributed by atoms with van der Waals surface area (Å²) in [5.41, 5.74) is 0.741. The van der Waals surface area contributed by atoms with Gasteiger partial charge >= 0.3 is 0 Å². The second-order valence-electron chi connectivity index (χ2n) is 2.07. The minimum absolute atomic E-state index is 0.407. The van der Waals surface area contributed by atoms with Crippen molar-refractivity contribution < 1.29 is 4.42 Å². The van der Waals surface area contributed by atoms with Gasteiger partial charge in [-0.25, -0.2) is 0 Å². The first-order chi connectivity index (χ1) is 5.24. The van der Waals surface area contributed by atoms with Gasteiger partial charge in [0.05, 0.1) is 17.4 Å². The SMILES string of the molecule is Cc1cc(/C(Cl)=C/C#N)co1. The maximum Gasteiger partial charge on any atom is 0.101 e. The lowest BCUT2D eigenvalue weighted by molar-refractivity contribution is 0.534. The fourth-order valence-corrected chi connectivity index (χ4v) is 0.857. The van der Waals surface area contributed by atoms with E-state index in [-0.39, 0.29) is 0 Å². The van der Waals surface area contributed by atoms with Crippen molar-refractivity contribution >= 4 is 16.6 Å². The molecular formula is C8H6ClNO. The molecule has 3 heteroatoms. The molecule has 1 rings (SSSR count). The molecule has 0 N–H and O–H groups in total. The van der Waals surface area contributed by atoms with E-state index in [1.165, 1.54) is 12.3 Å². The summed E-state index contributed by atoms with van der Waals surface area (Å²) in [6, 6.07) is 3.61. The zero-order valence-corrected chi connectivity index (χ0v) is 6.72. The summed E-state index contributed by atoms with van der Waals surface area (Å²) in [7, 11) is 0. The lowest BCUT2D eigenvalue weighted by atomic mass is 10.3. The van der Waals surface area contributed by atoms with E-state index in [2.05, 4.69) is 0 Å². The largest absolute Gasteiger partial charge is 0.469 e. The monoisotopic (exact) mass is 167 g/mol. The number of furan rings is 1. The van der Waals surface area contributed by atoms with E-state index in [4.69, 9.17) is 21.3 Å². The number of nitrogens with zero attached hydrogens (tertiary/aromatic N) is 1. The zero-order valence-electron chi connectivity index (χ0n) is 5.97. The molecule has 0 saturated carbocycles. The predicted octanol–water partition coefficient (Wildman–Crippen LogP) is 2.69. The first-order valence-electron chi connectivity index (χ1n) is 3.05. The molecule has 0 saturated heterocycles. The summed E-state index contributed by atoms with van der Waals surface area (Å²) in [6.45, 7) is 1.82. The Labute approximate surface area is 69.7 Å². The average molecular weight is 168 g/mol. The normalized spacial score (nSPS) is 11.2. The van der Waals surface area contributed by atoms with Crippen molar-refractivity contribution in [2.45, 2.75) is 6.92 Å². The van der Waals surface area contributed by atoms with Gasteiger partial charge in [-0.1, -0.05) is 11.6 Å². The Kier molecular flexibility index (Phi) is 2.35. The van der Waals surface area contributed by atoms with Gasteiger partial charge in [0.2, 0.25) is 0 Å². The first kappa shape index (κ1) is 7.90. The Morgan fingerprint density at radius 2 is 2.55 bits per heavy atom. The van der Waals surface area contributed by atoms with Crippen molar-refractivity contribution in [1.29, 1.82) is 5.26 Å². The van der Waals surface area contributed by atoms with Gasteiger partial charge in [-0.2, -0.15) is 5.26 Å². The van der Waals surface area contributed by atoms with Crippen LogP contribution in [0.4, 0.5) is 0 Å². The third-order valence-corrected chi connectivity index (χ3v) is 1.52. The van der Waals surface area contributed by atoms with Crippen LogP contribution in [0, 0.1) is 18.3 Å². The van der Waals surface area contributed by atoms with Gasteiger partial charge in [0.1, 0.15) is 5.76 Å². The highest BCUT2D eigenvalue weighted by atomic mass is 35.5. The Morgan fingerprint density at radius 1 is 1.82 bits per heavy atom. The molecule has 0 aliphatic heterocycles. The molecule has 0 aliphatic carbocycles. The maximum absolute atomic E-state index is 8.26. The van der Waals surface area contributed by atoms with Gasteiger partial charge < -0.3 is 4.42 Å². The number of halogens is 1. The molecule has 0 amide bonds. The van der Waals surface area contributed by atoms with Crippen LogP contribution in [0.2, 0.25) is 0 Å². The molecule has 11 heavy (non-hydrogen) atoms. The molecule has 0 fully saturated rings. The van der Waals surface area contributed by atoms with Crippen molar-refractivity contribution in [3.63, 3.8) is 0 Å². The number of rotatable bonds is 1. The second-order valence-corrected chi connectivity index (χ2v) is 2.47. The Hall–Kier alpha value is -1.20. The van der Waals surface area contributed by atoms with E-state index in [0.717, 1.165) is 11.3 Å². The summed E-state index contributed by atoms with van der Waals surface area (Å²) in [5.74, 6) is 0.782. The smallest absolute Gasteiger partial charge is 0.101 e. The highest BCUT2D eigenvalue weighted by Crippen LogP contribution is 2.20. The van der Waals surface area contributed by atoms with Gasteiger partial charge in [-0.3, -0.25) is 0 Å². The van der Waals surface area contributed by atoms with Crippen LogP contribution in [0.1, 0.15) is 11.3 Å². The quantitative estimate of drug-likeness (QED) is 0.603. The fraction of sp³-hybridized carbons (Fsp3) is 0.125. The second kappa shape index (κ2) is 3.27. The first-order valence-corrected chi connectivity index (χ1v) is 3.42. The van der Waals surface area contributed by atoms with E-state index >= 15 is 0 Å². The van der Waals surface area contributed by atoms with Gasteiger partial charge in [0.25, 0.3) is 0 Å². The predicted molar refractivity (Wildman–Crippen MR) is 42.9 cm³/mol. The molecular weight excluding hydrogens is 162 g/mol. The number of aryl methyl sites for hydroxylation is 1. The minimum Gasteiger partial charge on any atom is -0.469 e. The van der Waals surface area contributed by atoms with Crippen molar-refractivity contribution in [3.05, 3.63) is 29.7 Å².